The predicted molar refractivity (Wildman–Crippen MR) is 261 cm³/mol. The maximum absolute atomic E-state index is 12.3. The second-order valence-electron chi connectivity index (χ2n) is 18.1. The molecule has 1 aliphatic heterocycles. The van der Waals surface area contributed by atoms with Crippen LogP contribution >= 0.6 is 0 Å². The van der Waals surface area contributed by atoms with Crippen molar-refractivity contribution in [1.29, 1.82) is 0 Å². The van der Waals surface area contributed by atoms with Crippen LogP contribution in [0.5, 0.6) is 0 Å². The van der Waals surface area contributed by atoms with Crippen LogP contribution in [0, 0.1) is 11.8 Å². The monoisotopic (exact) mass is 803 g/mol. The van der Waals surface area contributed by atoms with Gasteiger partial charge >= 0.3 is 0 Å². The summed E-state index contributed by atoms with van der Waals surface area (Å²) in [4.78, 5) is 0. The molecule has 2 heteroatoms. The summed E-state index contributed by atoms with van der Waals surface area (Å²) in [5.41, 5.74) is 21.3. The first-order valence-electron chi connectivity index (χ1n) is 25.8. The fourth-order valence-electron chi connectivity index (χ4n) is 8.98. The fourth-order valence-corrected chi connectivity index (χ4v) is 8.98. The fraction of sp³-hybridized carbons (Fsp3) is 0.684. The maximum atomic E-state index is 12.3. The van der Waals surface area contributed by atoms with E-state index in [1.165, 1.54) is 208 Å². The molecule has 0 unspecified atom stereocenters. The van der Waals surface area contributed by atoms with Gasteiger partial charge < -0.3 is 5.53 Å². The predicted octanol–water partition coefficient (Wildman–Crippen LogP) is 18.9. The Morgan fingerprint density at radius 2 is 0.763 bits per heavy atom. The summed E-state index contributed by atoms with van der Waals surface area (Å²) in [5.74, 6) is 7.36. The Morgan fingerprint density at radius 3 is 1.19 bits per heavy atom. The summed E-state index contributed by atoms with van der Waals surface area (Å²) >= 11 is 0. The third-order valence-corrected chi connectivity index (χ3v) is 12.7. The van der Waals surface area contributed by atoms with Crippen molar-refractivity contribution in [3.8, 4) is 11.8 Å². The van der Waals surface area contributed by atoms with Gasteiger partial charge in [0.2, 0.25) is 11.4 Å². The van der Waals surface area contributed by atoms with Crippen molar-refractivity contribution in [1.82, 2.24) is 0 Å². The third-order valence-electron chi connectivity index (χ3n) is 12.7. The number of hydrogen-bond donors (Lipinski definition) is 0. The van der Waals surface area contributed by atoms with E-state index in [4.69, 9.17) is 0 Å². The van der Waals surface area contributed by atoms with Crippen LogP contribution < -0.4 is 0 Å². The van der Waals surface area contributed by atoms with E-state index in [2.05, 4.69) is 88.1 Å². The van der Waals surface area contributed by atoms with Crippen molar-refractivity contribution in [2.75, 3.05) is 0 Å². The lowest BCUT2D eigenvalue weighted by atomic mass is 9.94. The first-order valence-corrected chi connectivity index (χ1v) is 25.8. The number of rotatable bonds is 36. The number of unbranched alkanes of at least 4 members (excludes halogenated alkanes) is 28. The molecule has 2 aromatic carbocycles. The molecule has 2 nitrogen and oxygen atoms in total. The minimum atomic E-state index is 0.884. The Morgan fingerprint density at radius 1 is 0.407 bits per heavy atom. The van der Waals surface area contributed by atoms with Gasteiger partial charge in [-0.3, -0.25) is 0 Å². The molecule has 0 radical (unpaired) electrons. The van der Waals surface area contributed by atoms with E-state index in [1.54, 1.807) is 0 Å². The van der Waals surface area contributed by atoms with Crippen molar-refractivity contribution >= 4 is 11.4 Å². The average Bonchev–Trinajstić information content (AvgIpc) is 3.53. The highest BCUT2D eigenvalue weighted by molar-refractivity contribution is 5.85. The lowest BCUT2D eigenvalue weighted by molar-refractivity contribution is -0.345. The van der Waals surface area contributed by atoms with Gasteiger partial charge in [0.15, 0.2) is 0 Å². The molecule has 0 saturated carbocycles. The molecule has 0 atom stereocenters. The van der Waals surface area contributed by atoms with Gasteiger partial charge in [0, 0.05) is 23.1 Å². The lowest BCUT2D eigenvalue weighted by Crippen LogP contribution is -2.03. The van der Waals surface area contributed by atoms with E-state index in [9.17, 15) is 5.53 Å². The first kappa shape index (κ1) is 50.4. The molecule has 0 aliphatic carbocycles. The van der Waals surface area contributed by atoms with E-state index in [1.807, 2.05) is 0 Å². The van der Waals surface area contributed by atoms with Crippen LogP contribution in [0.2, 0.25) is 0 Å². The zero-order valence-electron chi connectivity index (χ0n) is 39.3. The van der Waals surface area contributed by atoms with Crippen LogP contribution in [-0.2, 0) is 12.8 Å². The zero-order valence-corrected chi connectivity index (χ0v) is 39.3. The standard InChI is InChI=1S/C57H90N2/c1-5-9-13-17-18-19-20-21-22-23-24-25-26-27-28-29-30-31-32-33-37-47-55-54(46-36-16-12-8-4)56(52-44-38-42-50(48-52)40-34-14-10-6-2)59(58)57(55)53-45-39-43-51(49-53)41-35-15-11-7-3/h38-39,42-45,48-49H,5-36,40-41,46H2,1-4H3. The smallest absolute Gasteiger partial charge is 0.223 e. The van der Waals surface area contributed by atoms with Crippen molar-refractivity contribution in [2.45, 2.75) is 252 Å². The van der Waals surface area contributed by atoms with Crippen LogP contribution in [-0.4, -0.2) is 4.70 Å². The molecule has 2 aromatic rings. The molecule has 0 aromatic heterocycles. The maximum Gasteiger partial charge on any atom is 0.223 e. The molecule has 1 aliphatic rings. The van der Waals surface area contributed by atoms with E-state index in [0.29, 0.717) is 0 Å². The molecule has 0 N–H and O–H groups in total. The summed E-state index contributed by atoms with van der Waals surface area (Å²) in [6, 6.07) is 18.0. The molecule has 328 valence electrons. The zero-order chi connectivity index (χ0) is 42.0. The molecule has 59 heavy (non-hydrogen) atoms. The summed E-state index contributed by atoms with van der Waals surface area (Å²) in [6.45, 7) is 9.14. The number of hydrogen-bond acceptors (Lipinski definition) is 0. The molecule has 0 saturated heterocycles. The van der Waals surface area contributed by atoms with Gasteiger partial charge in [-0.25, -0.2) is 4.70 Å². The molecule has 0 fully saturated rings. The van der Waals surface area contributed by atoms with E-state index in [0.717, 1.165) is 66.6 Å². The molecule has 0 amide bonds. The summed E-state index contributed by atoms with van der Waals surface area (Å²) in [7, 11) is 0. The van der Waals surface area contributed by atoms with Gasteiger partial charge in [0.25, 0.3) is 0 Å². The average molecular weight is 803 g/mol. The number of nitrogens with zero attached hydrogens (tertiary/aromatic N) is 2. The molecule has 3 rings (SSSR count). The van der Waals surface area contributed by atoms with Crippen LogP contribution in [0.3, 0.4) is 0 Å². The molecular weight excluding hydrogens is 713 g/mol. The largest absolute Gasteiger partial charge is 0.493 e. The van der Waals surface area contributed by atoms with Gasteiger partial charge in [-0.15, -0.1) is 0 Å². The molecule has 0 bridgehead atoms. The van der Waals surface area contributed by atoms with Crippen molar-refractivity contribution in [3.63, 3.8) is 0 Å². The second kappa shape index (κ2) is 33.8. The number of aryl methyl sites for hydroxylation is 2. The van der Waals surface area contributed by atoms with Crippen LogP contribution in [0.15, 0.2) is 59.7 Å². The van der Waals surface area contributed by atoms with Gasteiger partial charge in [-0.1, -0.05) is 237 Å². The van der Waals surface area contributed by atoms with E-state index >= 15 is 0 Å². The van der Waals surface area contributed by atoms with Crippen molar-refractivity contribution in [2.24, 2.45) is 0 Å². The highest BCUT2D eigenvalue weighted by Gasteiger charge is 2.35. The van der Waals surface area contributed by atoms with Crippen LogP contribution in [0.25, 0.3) is 16.9 Å². The summed E-state index contributed by atoms with van der Waals surface area (Å²) in [5, 5.41) is 0. The SMILES string of the molecule is CCCCCCCCCCCCCCCCCCCCCC#CC1=C(c2cccc(CCCCCC)c2)[N+](=[N-])C(c2cccc(CCCCCC)c2)=C1CCCCCC. The van der Waals surface area contributed by atoms with Gasteiger partial charge in [-0.05, 0) is 80.3 Å². The Bertz CT molecular complexity index is 1530. The minimum absolute atomic E-state index is 0.884. The van der Waals surface area contributed by atoms with E-state index < -0.39 is 0 Å². The minimum Gasteiger partial charge on any atom is -0.493 e. The number of allylic oxidation sites excluding steroid dienone is 2. The Hall–Kier alpha value is -2.92. The lowest BCUT2D eigenvalue weighted by Gasteiger charge is -2.11. The Balaban J connectivity index is 1.61. The van der Waals surface area contributed by atoms with E-state index in [-0.39, 0.29) is 0 Å². The Labute approximate surface area is 366 Å². The van der Waals surface area contributed by atoms with Gasteiger partial charge in [-0.2, -0.15) is 0 Å². The summed E-state index contributed by atoms with van der Waals surface area (Å²) < 4.78 is 1.53. The topological polar surface area (TPSA) is 25.3 Å². The molecule has 1 heterocycles. The third kappa shape index (κ3) is 20.9. The van der Waals surface area contributed by atoms with Crippen LogP contribution in [0.4, 0.5) is 0 Å². The van der Waals surface area contributed by atoms with Crippen LogP contribution in [0.1, 0.15) is 262 Å². The first-order chi connectivity index (χ1) is 29.1. The highest BCUT2D eigenvalue weighted by atomic mass is 15.2. The molecule has 0 spiro atoms. The Kier molecular flexibility index (Phi) is 28.9. The van der Waals surface area contributed by atoms with Gasteiger partial charge in [0.1, 0.15) is 5.57 Å². The quantitative estimate of drug-likeness (QED) is 0.0373. The normalized spacial score (nSPS) is 12.8. The number of benzene rings is 2. The second-order valence-corrected chi connectivity index (χ2v) is 18.1. The van der Waals surface area contributed by atoms with Crippen molar-refractivity contribution in [3.05, 3.63) is 87.5 Å². The summed E-state index contributed by atoms with van der Waals surface area (Å²) in [6.07, 6.45) is 45.5. The molecular formula is C57H90N2. The van der Waals surface area contributed by atoms with Gasteiger partial charge in [0.05, 0.1) is 0 Å². The highest BCUT2D eigenvalue weighted by Crippen LogP contribution is 2.43. The van der Waals surface area contributed by atoms with Crippen molar-refractivity contribution < 1.29 is 4.70 Å².